The van der Waals surface area contributed by atoms with Gasteiger partial charge in [-0.3, -0.25) is 0 Å². The Morgan fingerprint density at radius 1 is 0.947 bits per heavy atom. The summed E-state index contributed by atoms with van der Waals surface area (Å²) >= 11 is 6.06. The summed E-state index contributed by atoms with van der Waals surface area (Å²) in [6.07, 6.45) is 0.958. The Labute approximate surface area is 116 Å². The van der Waals surface area contributed by atoms with Crippen molar-refractivity contribution in [3.05, 3.63) is 71.0 Å². The van der Waals surface area contributed by atoms with Crippen LogP contribution in [0.25, 0.3) is 0 Å². The Kier molecular flexibility index (Phi) is 3.15. The van der Waals surface area contributed by atoms with E-state index in [1.807, 2.05) is 42.5 Å². The summed E-state index contributed by atoms with van der Waals surface area (Å²) in [7, 11) is 0. The van der Waals surface area contributed by atoms with Crippen LogP contribution >= 0.6 is 11.6 Å². The molecule has 2 aromatic rings. The Hall–Kier alpha value is -1.97. The molecule has 0 aliphatic carbocycles. The smallest absolute Gasteiger partial charge is 0.107 e. The van der Waals surface area contributed by atoms with Gasteiger partial charge in [0.1, 0.15) is 11.9 Å². The van der Waals surface area contributed by atoms with Crippen LogP contribution < -0.4 is 10.6 Å². The molecule has 96 valence electrons. The maximum absolute atomic E-state index is 10.2. The van der Waals surface area contributed by atoms with Crippen LogP contribution in [-0.4, -0.2) is 5.11 Å². The van der Waals surface area contributed by atoms with Crippen LogP contribution in [0.1, 0.15) is 11.7 Å². The molecule has 1 atom stereocenters. The number of hydrogen-bond donors (Lipinski definition) is 3. The first-order valence-corrected chi connectivity index (χ1v) is 6.39. The van der Waals surface area contributed by atoms with E-state index in [4.69, 9.17) is 11.6 Å². The molecule has 19 heavy (non-hydrogen) atoms. The van der Waals surface area contributed by atoms with Crippen molar-refractivity contribution in [1.82, 2.24) is 0 Å². The fraction of sp³-hybridized carbons (Fsp3) is 0.0667. The molecule has 1 aliphatic heterocycles. The van der Waals surface area contributed by atoms with Gasteiger partial charge in [0.05, 0.1) is 11.4 Å². The molecule has 1 heterocycles. The Morgan fingerprint density at radius 3 is 2.16 bits per heavy atom. The molecule has 1 aliphatic rings. The molecule has 2 aromatic carbocycles. The number of benzene rings is 2. The Balaban J connectivity index is 1.83. The molecule has 0 aromatic heterocycles. The molecule has 0 radical (unpaired) electrons. The van der Waals surface area contributed by atoms with Gasteiger partial charge in [-0.05, 0) is 24.3 Å². The molecule has 0 fully saturated rings. The average molecular weight is 273 g/mol. The molecule has 0 bridgehead atoms. The number of fused-ring (bicyclic) bond motifs is 1. The highest BCUT2D eigenvalue weighted by atomic mass is 35.5. The minimum absolute atomic E-state index is 0.558. The minimum atomic E-state index is -0.752. The monoisotopic (exact) mass is 272 g/mol. The van der Waals surface area contributed by atoms with E-state index in [0.29, 0.717) is 10.6 Å². The Bertz CT molecular complexity index is 613. The zero-order valence-corrected chi connectivity index (χ0v) is 10.9. The first-order valence-electron chi connectivity index (χ1n) is 6.01. The van der Waals surface area contributed by atoms with Crippen molar-refractivity contribution in [3.8, 4) is 0 Å². The van der Waals surface area contributed by atoms with Crippen molar-refractivity contribution in [3.63, 3.8) is 0 Å². The molecule has 3 N–H and O–H groups in total. The van der Waals surface area contributed by atoms with Gasteiger partial charge >= 0.3 is 0 Å². The number of nitrogens with one attached hydrogen (secondary N) is 2. The lowest BCUT2D eigenvalue weighted by Gasteiger charge is -2.09. The van der Waals surface area contributed by atoms with Crippen molar-refractivity contribution in [2.75, 3.05) is 10.6 Å². The molecule has 0 amide bonds. The normalized spacial score (nSPS) is 14.3. The van der Waals surface area contributed by atoms with Crippen LogP contribution in [-0.2, 0) is 0 Å². The van der Waals surface area contributed by atoms with Crippen LogP contribution in [0, 0.1) is 0 Å². The Morgan fingerprint density at radius 2 is 1.53 bits per heavy atom. The lowest BCUT2D eigenvalue weighted by atomic mass is 10.1. The standard InChI is InChI=1S/C15H13ClN2O/c16-11-6-2-1-5-10(11)14(19)9-15-17-12-7-3-4-8-13(12)18-15/h1-9,14,17-19H. The second kappa shape index (κ2) is 4.96. The fourth-order valence-electron chi connectivity index (χ4n) is 2.07. The van der Waals surface area contributed by atoms with Crippen LogP contribution in [0.2, 0.25) is 5.02 Å². The molecule has 0 saturated carbocycles. The third kappa shape index (κ3) is 2.43. The van der Waals surface area contributed by atoms with E-state index in [0.717, 1.165) is 17.2 Å². The van der Waals surface area contributed by atoms with Gasteiger partial charge in [0, 0.05) is 10.6 Å². The first-order chi connectivity index (χ1) is 9.24. The molecule has 1 unspecified atom stereocenters. The van der Waals surface area contributed by atoms with E-state index in [1.54, 1.807) is 12.1 Å². The van der Waals surface area contributed by atoms with Gasteiger partial charge in [0.25, 0.3) is 0 Å². The van der Waals surface area contributed by atoms with E-state index in [2.05, 4.69) is 10.6 Å². The van der Waals surface area contributed by atoms with E-state index >= 15 is 0 Å². The van der Waals surface area contributed by atoms with E-state index in [-0.39, 0.29) is 0 Å². The molecule has 0 spiro atoms. The quantitative estimate of drug-likeness (QED) is 0.780. The van der Waals surface area contributed by atoms with Crippen molar-refractivity contribution in [2.45, 2.75) is 6.10 Å². The average Bonchev–Trinajstić information content (AvgIpc) is 2.81. The summed E-state index contributed by atoms with van der Waals surface area (Å²) in [6.45, 7) is 0. The highest BCUT2D eigenvalue weighted by Crippen LogP contribution is 2.31. The molecular weight excluding hydrogens is 260 g/mol. The fourth-order valence-corrected chi connectivity index (χ4v) is 2.32. The number of hydrogen-bond acceptors (Lipinski definition) is 3. The summed E-state index contributed by atoms with van der Waals surface area (Å²) in [6, 6.07) is 15.1. The summed E-state index contributed by atoms with van der Waals surface area (Å²) in [5.74, 6) is 0.758. The number of aliphatic hydroxyl groups is 1. The van der Waals surface area contributed by atoms with Gasteiger partial charge in [0.2, 0.25) is 0 Å². The molecule has 3 nitrogen and oxygen atoms in total. The zero-order chi connectivity index (χ0) is 13.2. The van der Waals surface area contributed by atoms with Crippen LogP contribution in [0.15, 0.2) is 60.4 Å². The summed E-state index contributed by atoms with van der Waals surface area (Å²) in [5, 5.41) is 17.2. The molecule has 4 heteroatoms. The van der Waals surface area contributed by atoms with Crippen LogP contribution in [0.5, 0.6) is 0 Å². The van der Waals surface area contributed by atoms with Crippen LogP contribution in [0.4, 0.5) is 11.4 Å². The third-order valence-electron chi connectivity index (χ3n) is 3.01. The van der Waals surface area contributed by atoms with E-state index in [9.17, 15) is 5.11 Å². The third-order valence-corrected chi connectivity index (χ3v) is 3.36. The van der Waals surface area contributed by atoms with Crippen LogP contribution in [0.3, 0.4) is 0 Å². The summed E-state index contributed by atoms with van der Waals surface area (Å²) in [4.78, 5) is 0. The van der Waals surface area contributed by atoms with Crippen molar-refractivity contribution in [1.29, 1.82) is 0 Å². The lowest BCUT2D eigenvalue weighted by Crippen LogP contribution is -2.03. The van der Waals surface area contributed by atoms with Gasteiger partial charge in [-0.25, -0.2) is 0 Å². The minimum Gasteiger partial charge on any atom is -0.384 e. The van der Waals surface area contributed by atoms with Gasteiger partial charge in [-0.1, -0.05) is 41.9 Å². The second-order valence-electron chi connectivity index (χ2n) is 4.34. The van der Waals surface area contributed by atoms with Gasteiger partial charge in [-0.2, -0.15) is 0 Å². The maximum atomic E-state index is 10.2. The highest BCUT2D eigenvalue weighted by molar-refractivity contribution is 6.31. The maximum Gasteiger partial charge on any atom is 0.107 e. The first kappa shape index (κ1) is 12.1. The number of rotatable bonds is 2. The highest BCUT2D eigenvalue weighted by Gasteiger charge is 2.15. The largest absolute Gasteiger partial charge is 0.384 e. The second-order valence-corrected chi connectivity index (χ2v) is 4.75. The predicted octanol–water partition coefficient (Wildman–Crippen LogP) is 3.75. The number of halogens is 1. The summed E-state index contributed by atoms with van der Waals surface area (Å²) in [5.41, 5.74) is 2.69. The van der Waals surface area contributed by atoms with Gasteiger partial charge < -0.3 is 15.7 Å². The SMILES string of the molecule is OC(C=C1Nc2ccccc2N1)c1ccccc1Cl. The molecule has 0 saturated heterocycles. The van der Waals surface area contributed by atoms with Gasteiger partial charge in [0.15, 0.2) is 0 Å². The summed E-state index contributed by atoms with van der Waals surface area (Å²) < 4.78 is 0. The topological polar surface area (TPSA) is 44.3 Å². The van der Waals surface area contributed by atoms with Gasteiger partial charge in [-0.15, -0.1) is 0 Å². The number of aliphatic hydroxyl groups excluding tert-OH is 1. The van der Waals surface area contributed by atoms with E-state index < -0.39 is 6.10 Å². The zero-order valence-electron chi connectivity index (χ0n) is 10.1. The molecule has 3 rings (SSSR count). The van der Waals surface area contributed by atoms with Crippen molar-refractivity contribution < 1.29 is 5.11 Å². The number of anilines is 2. The predicted molar refractivity (Wildman–Crippen MR) is 78.2 cm³/mol. The van der Waals surface area contributed by atoms with Crippen molar-refractivity contribution >= 4 is 23.0 Å². The lowest BCUT2D eigenvalue weighted by molar-refractivity contribution is 0.228. The van der Waals surface area contributed by atoms with E-state index in [1.165, 1.54) is 0 Å². The molecular formula is C15H13ClN2O. The number of para-hydroxylation sites is 2. The van der Waals surface area contributed by atoms with Crippen molar-refractivity contribution in [2.24, 2.45) is 0 Å².